The molecule has 0 spiro atoms. The maximum Gasteiger partial charge on any atom is 0.514 e. The van der Waals surface area contributed by atoms with Gasteiger partial charge in [-0.2, -0.15) is 0 Å². The normalized spacial score (nSPS) is 22.1. The molecule has 0 radical (unpaired) electrons. The zero-order chi connectivity index (χ0) is 15.1. The highest BCUT2D eigenvalue weighted by Crippen LogP contribution is 2.36. The summed E-state index contributed by atoms with van der Waals surface area (Å²) in [6.45, 7) is 12.2. The smallest absolute Gasteiger partial charge is 0.398 e. The standard InChI is InChI=1S/C15H25BN2O2/c1-10(17)9-12-8-7-11(2)18-13(12)16-19-14(3,4)15(5,6)20-16/h7-8,10H,9,17H2,1-6H3. The second-order valence-electron chi connectivity index (χ2n) is 6.77. The summed E-state index contributed by atoms with van der Waals surface area (Å²) < 4.78 is 12.2. The minimum absolute atomic E-state index is 0.0840. The van der Waals surface area contributed by atoms with Gasteiger partial charge in [0.15, 0.2) is 0 Å². The van der Waals surface area contributed by atoms with Crippen LogP contribution in [0.1, 0.15) is 45.9 Å². The Kier molecular flexibility index (Phi) is 3.97. The molecule has 0 saturated carbocycles. The van der Waals surface area contributed by atoms with Crippen molar-refractivity contribution in [3.63, 3.8) is 0 Å². The quantitative estimate of drug-likeness (QED) is 0.852. The van der Waals surface area contributed by atoms with Crippen molar-refractivity contribution in [3.05, 3.63) is 23.4 Å². The molecule has 1 aliphatic rings. The van der Waals surface area contributed by atoms with Gasteiger partial charge >= 0.3 is 7.12 Å². The zero-order valence-electron chi connectivity index (χ0n) is 13.4. The van der Waals surface area contributed by atoms with E-state index in [1.54, 1.807) is 0 Å². The number of nitrogens with two attached hydrogens (primary N) is 1. The molecule has 5 heteroatoms. The zero-order valence-corrected chi connectivity index (χ0v) is 13.4. The molecular formula is C15H25BN2O2. The first kappa shape index (κ1) is 15.5. The van der Waals surface area contributed by atoms with E-state index >= 15 is 0 Å². The average molecular weight is 276 g/mol. The molecule has 0 amide bonds. The summed E-state index contributed by atoms with van der Waals surface area (Å²) in [5.41, 5.74) is 8.15. The van der Waals surface area contributed by atoms with Crippen LogP contribution in [0.15, 0.2) is 12.1 Å². The molecular weight excluding hydrogens is 251 g/mol. The van der Waals surface area contributed by atoms with Gasteiger partial charge in [-0.05, 0) is 59.6 Å². The van der Waals surface area contributed by atoms with Crippen LogP contribution >= 0.6 is 0 Å². The highest BCUT2D eigenvalue weighted by molar-refractivity contribution is 6.61. The van der Waals surface area contributed by atoms with Crippen molar-refractivity contribution in [2.75, 3.05) is 0 Å². The van der Waals surface area contributed by atoms with E-state index < -0.39 is 7.12 Å². The Balaban J connectivity index is 2.36. The number of hydrogen-bond donors (Lipinski definition) is 1. The summed E-state index contributed by atoms with van der Waals surface area (Å²) in [6, 6.07) is 4.17. The van der Waals surface area contributed by atoms with Gasteiger partial charge < -0.3 is 15.0 Å². The van der Waals surface area contributed by atoms with E-state index in [0.29, 0.717) is 0 Å². The fourth-order valence-corrected chi connectivity index (χ4v) is 2.28. The lowest BCUT2D eigenvalue weighted by atomic mass is 9.79. The second kappa shape index (κ2) is 5.13. The first-order valence-electron chi connectivity index (χ1n) is 7.20. The Morgan fingerprint density at radius 3 is 2.25 bits per heavy atom. The Morgan fingerprint density at radius 2 is 1.75 bits per heavy atom. The fourth-order valence-electron chi connectivity index (χ4n) is 2.28. The molecule has 1 aliphatic heterocycles. The van der Waals surface area contributed by atoms with E-state index in [2.05, 4.69) is 11.1 Å². The SMILES string of the molecule is Cc1ccc(CC(C)N)c(B2OC(C)(C)C(C)(C)O2)n1. The molecule has 0 aromatic carbocycles. The predicted molar refractivity (Wildman–Crippen MR) is 82.0 cm³/mol. The minimum Gasteiger partial charge on any atom is -0.398 e. The number of hydrogen-bond acceptors (Lipinski definition) is 4. The summed E-state index contributed by atoms with van der Waals surface area (Å²) in [7, 11) is -0.423. The van der Waals surface area contributed by atoms with E-state index in [1.807, 2.05) is 47.6 Å². The van der Waals surface area contributed by atoms with Crippen molar-refractivity contribution in [3.8, 4) is 0 Å². The van der Waals surface area contributed by atoms with E-state index in [0.717, 1.165) is 23.3 Å². The third-order valence-corrected chi connectivity index (χ3v) is 4.17. The Morgan fingerprint density at radius 1 is 1.20 bits per heavy atom. The van der Waals surface area contributed by atoms with Crippen LogP contribution in [-0.4, -0.2) is 29.3 Å². The number of pyridine rings is 1. The van der Waals surface area contributed by atoms with Crippen LogP contribution in [0.2, 0.25) is 0 Å². The molecule has 2 rings (SSSR count). The Hall–Kier alpha value is -0.905. The third-order valence-electron chi connectivity index (χ3n) is 4.17. The summed E-state index contributed by atoms with van der Waals surface area (Å²) >= 11 is 0. The molecule has 4 nitrogen and oxygen atoms in total. The van der Waals surface area contributed by atoms with Gasteiger partial charge in [0.1, 0.15) is 0 Å². The van der Waals surface area contributed by atoms with Crippen LogP contribution in [0, 0.1) is 6.92 Å². The number of nitrogens with zero attached hydrogens (tertiary/aromatic N) is 1. The summed E-state index contributed by atoms with van der Waals surface area (Å²) in [5.74, 6) is 0. The van der Waals surface area contributed by atoms with Gasteiger partial charge in [-0.15, -0.1) is 0 Å². The van der Waals surface area contributed by atoms with Crippen LogP contribution < -0.4 is 11.3 Å². The van der Waals surface area contributed by atoms with Gasteiger partial charge in [0.05, 0.1) is 16.8 Å². The van der Waals surface area contributed by atoms with Crippen molar-refractivity contribution in [1.82, 2.24) is 4.98 Å². The monoisotopic (exact) mass is 276 g/mol. The molecule has 1 unspecified atom stereocenters. The number of aromatic nitrogens is 1. The van der Waals surface area contributed by atoms with Gasteiger partial charge in [-0.25, -0.2) is 0 Å². The van der Waals surface area contributed by atoms with Crippen molar-refractivity contribution < 1.29 is 9.31 Å². The molecule has 1 fully saturated rings. The molecule has 1 aromatic heterocycles. The van der Waals surface area contributed by atoms with Crippen LogP contribution in [0.25, 0.3) is 0 Å². The van der Waals surface area contributed by atoms with E-state index in [-0.39, 0.29) is 17.2 Å². The molecule has 0 bridgehead atoms. The van der Waals surface area contributed by atoms with Crippen molar-refractivity contribution in [2.24, 2.45) is 5.73 Å². The van der Waals surface area contributed by atoms with Gasteiger partial charge in [-0.1, -0.05) is 6.07 Å². The molecule has 1 atom stereocenters. The molecule has 20 heavy (non-hydrogen) atoms. The van der Waals surface area contributed by atoms with E-state index in [9.17, 15) is 0 Å². The van der Waals surface area contributed by atoms with E-state index in [4.69, 9.17) is 15.0 Å². The Labute approximate surface area is 122 Å². The Bertz CT molecular complexity index is 485. The highest BCUT2D eigenvalue weighted by atomic mass is 16.7. The molecule has 2 heterocycles. The van der Waals surface area contributed by atoms with Crippen LogP contribution in [0.3, 0.4) is 0 Å². The predicted octanol–water partition coefficient (Wildman–Crippen LogP) is 1.58. The van der Waals surface area contributed by atoms with Crippen molar-refractivity contribution in [1.29, 1.82) is 0 Å². The third kappa shape index (κ3) is 2.90. The topological polar surface area (TPSA) is 57.4 Å². The summed E-state index contributed by atoms with van der Waals surface area (Å²) in [5, 5.41) is 0. The maximum absolute atomic E-state index is 6.10. The second-order valence-corrected chi connectivity index (χ2v) is 6.77. The van der Waals surface area contributed by atoms with Gasteiger partial charge in [0, 0.05) is 11.7 Å². The minimum atomic E-state index is -0.423. The van der Waals surface area contributed by atoms with Crippen molar-refractivity contribution in [2.45, 2.75) is 65.2 Å². The average Bonchev–Trinajstić information content (AvgIpc) is 2.50. The maximum atomic E-state index is 6.10. The first-order valence-corrected chi connectivity index (χ1v) is 7.20. The van der Waals surface area contributed by atoms with Crippen LogP contribution in [-0.2, 0) is 15.7 Å². The van der Waals surface area contributed by atoms with Gasteiger partial charge in [0.2, 0.25) is 0 Å². The van der Waals surface area contributed by atoms with E-state index in [1.165, 1.54) is 0 Å². The lowest BCUT2D eigenvalue weighted by Crippen LogP contribution is -2.41. The highest BCUT2D eigenvalue weighted by Gasteiger charge is 2.52. The lowest BCUT2D eigenvalue weighted by Gasteiger charge is -2.32. The summed E-state index contributed by atoms with van der Waals surface area (Å²) in [6.07, 6.45) is 0.771. The molecule has 1 aromatic rings. The fraction of sp³-hybridized carbons (Fsp3) is 0.667. The molecule has 0 aliphatic carbocycles. The number of rotatable bonds is 3. The molecule has 1 saturated heterocycles. The van der Waals surface area contributed by atoms with Gasteiger partial charge in [0.25, 0.3) is 0 Å². The summed E-state index contributed by atoms with van der Waals surface area (Å²) in [4.78, 5) is 4.63. The molecule has 2 N–H and O–H groups in total. The largest absolute Gasteiger partial charge is 0.514 e. The number of aryl methyl sites for hydroxylation is 1. The van der Waals surface area contributed by atoms with Crippen molar-refractivity contribution >= 4 is 12.7 Å². The lowest BCUT2D eigenvalue weighted by molar-refractivity contribution is 0.00578. The van der Waals surface area contributed by atoms with Crippen LogP contribution in [0.4, 0.5) is 0 Å². The van der Waals surface area contributed by atoms with Crippen LogP contribution in [0.5, 0.6) is 0 Å². The molecule has 110 valence electrons. The van der Waals surface area contributed by atoms with Gasteiger partial charge in [-0.3, -0.25) is 4.98 Å². The first-order chi connectivity index (χ1) is 9.12.